The zero-order valence-corrected chi connectivity index (χ0v) is 14.5. The van der Waals surface area contributed by atoms with E-state index in [0.717, 1.165) is 12.0 Å². The third-order valence-electron chi connectivity index (χ3n) is 4.35. The molecule has 3 rings (SSSR count). The Balaban J connectivity index is 1.78. The monoisotopic (exact) mass is 360 g/mol. The summed E-state index contributed by atoms with van der Waals surface area (Å²) in [6.07, 6.45) is 1.31. The number of hydrogen-bond donors (Lipinski definition) is 1. The lowest BCUT2D eigenvalue weighted by atomic mass is 10.1. The van der Waals surface area contributed by atoms with Gasteiger partial charge in [-0.3, -0.25) is 9.59 Å². The molecule has 1 atom stereocenters. The second kappa shape index (κ2) is 7.23. The Morgan fingerprint density at radius 2 is 2.04 bits per heavy atom. The topological polar surface area (TPSA) is 49.4 Å². The molecule has 0 bridgehead atoms. The molecule has 130 valence electrons. The minimum Gasteiger partial charge on any atom is -0.327 e. The van der Waals surface area contributed by atoms with E-state index in [1.807, 2.05) is 13.0 Å². The van der Waals surface area contributed by atoms with E-state index < -0.39 is 11.9 Å². The molecule has 2 amide bonds. The highest BCUT2D eigenvalue weighted by Gasteiger charge is 2.34. The normalized spacial score (nSPS) is 16.8. The summed E-state index contributed by atoms with van der Waals surface area (Å²) in [7, 11) is 0. The summed E-state index contributed by atoms with van der Waals surface area (Å²) in [5.74, 6) is -1.06. The molecule has 4 nitrogen and oxygen atoms in total. The first-order valence-electron chi connectivity index (χ1n) is 8.09. The van der Waals surface area contributed by atoms with Gasteiger partial charge in [-0.25, -0.2) is 4.39 Å². The Hall–Kier alpha value is -2.40. The van der Waals surface area contributed by atoms with Crippen LogP contribution in [-0.4, -0.2) is 29.3 Å². The summed E-state index contributed by atoms with van der Waals surface area (Å²) in [6.45, 7) is 2.35. The van der Waals surface area contributed by atoms with E-state index in [4.69, 9.17) is 11.6 Å². The number of halogens is 2. The van der Waals surface area contributed by atoms with E-state index in [9.17, 15) is 14.0 Å². The van der Waals surface area contributed by atoms with E-state index in [-0.39, 0.29) is 17.4 Å². The van der Waals surface area contributed by atoms with Gasteiger partial charge in [0.25, 0.3) is 5.91 Å². The van der Waals surface area contributed by atoms with Crippen LogP contribution in [0.15, 0.2) is 42.5 Å². The largest absolute Gasteiger partial charge is 0.327 e. The molecular formula is C19H18ClFN2O2. The zero-order chi connectivity index (χ0) is 18.0. The summed E-state index contributed by atoms with van der Waals surface area (Å²) in [5, 5.41) is 3.38. The zero-order valence-electron chi connectivity index (χ0n) is 13.8. The maximum absolute atomic E-state index is 13.4. The number of likely N-dealkylation sites (tertiary alicyclic amines) is 1. The van der Waals surface area contributed by atoms with Gasteiger partial charge in [-0.15, -0.1) is 0 Å². The SMILES string of the molecule is Cc1ccc(Cl)cc1NC(=O)C1CCCN1C(=O)c1cccc(F)c1. The fourth-order valence-corrected chi connectivity index (χ4v) is 3.19. The molecule has 0 spiro atoms. The second-order valence-electron chi connectivity index (χ2n) is 6.12. The maximum Gasteiger partial charge on any atom is 0.254 e. The van der Waals surface area contributed by atoms with Crippen molar-refractivity contribution in [1.82, 2.24) is 4.90 Å². The van der Waals surface area contributed by atoms with Crippen LogP contribution in [0.25, 0.3) is 0 Å². The molecule has 1 unspecified atom stereocenters. The summed E-state index contributed by atoms with van der Waals surface area (Å²) in [6, 6.07) is 10.2. The van der Waals surface area contributed by atoms with Gasteiger partial charge >= 0.3 is 0 Å². The van der Waals surface area contributed by atoms with E-state index >= 15 is 0 Å². The van der Waals surface area contributed by atoms with Crippen LogP contribution in [0.3, 0.4) is 0 Å². The molecular weight excluding hydrogens is 343 g/mol. The number of carbonyl (C=O) groups excluding carboxylic acids is 2. The van der Waals surface area contributed by atoms with Crippen molar-refractivity contribution < 1.29 is 14.0 Å². The van der Waals surface area contributed by atoms with Crippen molar-refractivity contribution in [2.75, 3.05) is 11.9 Å². The van der Waals surface area contributed by atoms with Gasteiger partial charge in [-0.2, -0.15) is 0 Å². The number of rotatable bonds is 3. The quantitative estimate of drug-likeness (QED) is 0.898. The standard InChI is InChI=1S/C19H18ClFN2O2/c1-12-7-8-14(20)11-16(12)22-18(24)17-6-3-9-23(17)19(25)13-4-2-5-15(21)10-13/h2,4-5,7-8,10-11,17H,3,6,9H2,1H3,(H,22,24). The average Bonchev–Trinajstić information content (AvgIpc) is 3.07. The Kier molecular flexibility index (Phi) is 5.04. The fourth-order valence-electron chi connectivity index (χ4n) is 3.01. The van der Waals surface area contributed by atoms with Crippen LogP contribution >= 0.6 is 11.6 Å². The number of nitrogens with one attached hydrogen (secondary N) is 1. The number of carbonyl (C=O) groups is 2. The minimum absolute atomic E-state index is 0.249. The van der Waals surface area contributed by atoms with Crippen molar-refractivity contribution >= 4 is 29.1 Å². The molecule has 6 heteroatoms. The van der Waals surface area contributed by atoms with Gasteiger partial charge in [-0.05, 0) is 55.7 Å². The molecule has 0 radical (unpaired) electrons. The van der Waals surface area contributed by atoms with Crippen LogP contribution in [0.2, 0.25) is 5.02 Å². The van der Waals surface area contributed by atoms with Crippen molar-refractivity contribution in [3.8, 4) is 0 Å². The number of anilines is 1. The molecule has 1 aliphatic rings. The van der Waals surface area contributed by atoms with Crippen molar-refractivity contribution in [3.05, 3.63) is 64.4 Å². The van der Waals surface area contributed by atoms with E-state index in [0.29, 0.717) is 23.7 Å². The molecule has 1 heterocycles. The van der Waals surface area contributed by atoms with Gasteiger partial charge in [0.05, 0.1) is 0 Å². The number of nitrogens with zero attached hydrogens (tertiary/aromatic N) is 1. The second-order valence-corrected chi connectivity index (χ2v) is 6.55. The first-order chi connectivity index (χ1) is 12.0. The molecule has 0 aromatic heterocycles. The van der Waals surface area contributed by atoms with Crippen LogP contribution in [0, 0.1) is 12.7 Å². The van der Waals surface area contributed by atoms with Crippen molar-refractivity contribution in [2.24, 2.45) is 0 Å². The van der Waals surface area contributed by atoms with E-state index in [1.165, 1.54) is 23.1 Å². The van der Waals surface area contributed by atoms with E-state index in [1.54, 1.807) is 18.2 Å². The molecule has 0 saturated carbocycles. The van der Waals surface area contributed by atoms with Gasteiger partial charge in [0.1, 0.15) is 11.9 Å². The molecule has 0 aliphatic carbocycles. The van der Waals surface area contributed by atoms with Gasteiger partial charge in [-0.1, -0.05) is 23.7 Å². The Bertz CT molecular complexity index is 825. The first kappa shape index (κ1) is 17.4. The Morgan fingerprint density at radius 1 is 1.24 bits per heavy atom. The highest BCUT2D eigenvalue weighted by atomic mass is 35.5. The summed E-state index contributed by atoms with van der Waals surface area (Å²) >= 11 is 5.98. The first-order valence-corrected chi connectivity index (χ1v) is 8.47. The molecule has 25 heavy (non-hydrogen) atoms. The van der Waals surface area contributed by atoms with Crippen molar-refractivity contribution in [3.63, 3.8) is 0 Å². The van der Waals surface area contributed by atoms with Crippen LogP contribution in [0.5, 0.6) is 0 Å². The number of hydrogen-bond acceptors (Lipinski definition) is 2. The molecule has 2 aromatic carbocycles. The van der Waals surface area contributed by atoms with Gasteiger partial charge in [0.2, 0.25) is 5.91 Å². The molecule has 1 fully saturated rings. The highest BCUT2D eigenvalue weighted by Crippen LogP contribution is 2.24. The lowest BCUT2D eigenvalue weighted by molar-refractivity contribution is -0.119. The molecule has 1 N–H and O–H groups in total. The lowest BCUT2D eigenvalue weighted by Gasteiger charge is -2.24. The third kappa shape index (κ3) is 3.82. The predicted molar refractivity (Wildman–Crippen MR) is 95.3 cm³/mol. The lowest BCUT2D eigenvalue weighted by Crippen LogP contribution is -2.43. The number of amides is 2. The average molecular weight is 361 g/mol. The Morgan fingerprint density at radius 3 is 2.80 bits per heavy atom. The number of aryl methyl sites for hydroxylation is 1. The van der Waals surface area contributed by atoms with Gasteiger partial charge in [0.15, 0.2) is 0 Å². The minimum atomic E-state index is -0.575. The van der Waals surface area contributed by atoms with Crippen molar-refractivity contribution in [1.29, 1.82) is 0 Å². The van der Waals surface area contributed by atoms with E-state index in [2.05, 4.69) is 5.32 Å². The predicted octanol–water partition coefficient (Wildman–Crippen LogP) is 4.03. The van der Waals surface area contributed by atoms with Crippen molar-refractivity contribution in [2.45, 2.75) is 25.8 Å². The van der Waals surface area contributed by atoms with Crippen LogP contribution in [-0.2, 0) is 4.79 Å². The van der Waals surface area contributed by atoms with Crippen LogP contribution < -0.4 is 5.32 Å². The van der Waals surface area contributed by atoms with Crippen LogP contribution in [0.4, 0.5) is 10.1 Å². The molecule has 1 aliphatic heterocycles. The molecule has 1 saturated heterocycles. The summed E-state index contributed by atoms with van der Waals surface area (Å²) < 4.78 is 13.4. The van der Waals surface area contributed by atoms with Gasteiger partial charge < -0.3 is 10.2 Å². The number of benzene rings is 2. The third-order valence-corrected chi connectivity index (χ3v) is 4.58. The maximum atomic E-state index is 13.4. The highest BCUT2D eigenvalue weighted by molar-refractivity contribution is 6.31. The smallest absolute Gasteiger partial charge is 0.254 e. The summed E-state index contributed by atoms with van der Waals surface area (Å²) in [5.41, 5.74) is 1.76. The fraction of sp³-hybridized carbons (Fsp3) is 0.263. The summed E-state index contributed by atoms with van der Waals surface area (Å²) in [4.78, 5) is 26.8. The Labute approximate surface area is 150 Å². The van der Waals surface area contributed by atoms with Crippen LogP contribution in [0.1, 0.15) is 28.8 Å². The van der Waals surface area contributed by atoms with Gasteiger partial charge in [0, 0.05) is 22.8 Å². The molecule has 2 aromatic rings.